The summed E-state index contributed by atoms with van der Waals surface area (Å²) in [6.07, 6.45) is 7.07. The molecule has 1 fully saturated rings. The van der Waals surface area contributed by atoms with Crippen LogP contribution in [0.1, 0.15) is 58.2 Å². The van der Waals surface area contributed by atoms with E-state index in [1.165, 1.54) is 30.5 Å². The smallest absolute Gasteiger partial charge is 0.0573 e. The summed E-state index contributed by atoms with van der Waals surface area (Å²) in [6, 6.07) is 4.90. The van der Waals surface area contributed by atoms with Gasteiger partial charge in [0.15, 0.2) is 0 Å². The van der Waals surface area contributed by atoms with Crippen molar-refractivity contribution in [2.75, 3.05) is 0 Å². The van der Waals surface area contributed by atoms with Crippen LogP contribution in [0.3, 0.4) is 0 Å². The lowest BCUT2D eigenvalue weighted by molar-refractivity contribution is 0.168. The molecule has 1 aliphatic rings. The lowest BCUT2D eigenvalue weighted by Crippen LogP contribution is -2.42. The van der Waals surface area contributed by atoms with Crippen molar-refractivity contribution in [1.29, 1.82) is 0 Å². The molecule has 1 N–H and O–H groups in total. The molecule has 0 bridgehead atoms. The van der Waals surface area contributed by atoms with E-state index in [0.717, 1.165) is 30.7 Å². The van der Waals surface area contributed by atoms with Gasteiger partial charge in [0, 0.05) is 18.8 Å². The van der Waals surface area contributed by atoms with E-state index in [1.54, 1.807) is 0 Å². The molecule has 1 saturated carbocycles. The van der Waals surface area contributed by atoms with Crippen LogP contribution >= 0.6 is 0 Å². The predicted octanol–water partition coefficient (Wildman–Crippen LogP) is 4.19. The minimum Gasteiger partial charge on any atom is -0.308 e. The second-order valence-electron chi connectivity index (χ2n) is 6.78. The highest BCUT2D eigenvalue weighted by Crippen LogP contribution is 2.33. The van der Waals surface area contributed by atoms with E-state index in [2.05, 4.69) is 44.1 Å². The van der Waals surface area contributed by atoms with Crippen LogP contribution in [0.15, 0.2) is 18.3 Å². The first-order valence-electron chi connectivity index (χ1n) is 8.28. The number of pyridine rings is 1. The Kier molecular flexibility index (Phi) is 5.59. The zero-order valence-corrected chi connectivity index (χ0v) is 13.5. The molecule has 0 spiro atoms. The minimum atomic E-state index is 0.658. The molecular formula is C18H30N2. The summed E-state index contributed by atoms with van der Waals surface area (Å²) >= 11 is 0. The molecule has 0 aliphatic heterocycles. The van der Waals surface area contributed by atoms with Gasteiger partial charge in [0.05, 0.1) is 5.69 Å². The van der Waals surface area contributed by atoms with Gasteiger partial charge in [-0.05, 0) is 48.6 Å². The standard InChI is InChI=1S/C18H30N2/c1-5-15-7-6-10-19-18(15)12-20-17-11-14(4)8-9-16(17)13(2)3/h6-7,10,13-14,16-17,20H,5,8-9,11-12H2,1-4H3. The monoisotopic (exact) mass is 274 g/mol. The lowest BCUT2D eigenvalue weighted by Gasteiger charge is -2.38. The van der Waals surface area contributed by atoms with E-state index in [0.29, 0.717) is 6.04 Å². The fourth-order valence-corrected chi connectivity index (χ4v) is 3.62. The molecule has 1 aliphatic carbocycles. The number of aryl methyl sites for hydroxylation is 1. The Morgan fingerprint density at radius 2 is 2.15 bits per heavy atom. The van der Waals surface area contributed by atoms with Crippen LogP contribution < -0.4 is 5.32 Å². The molecular weight excluding hydrogens is 244 g/mol. The molecule has 112 valence electrons. The average Bonchev–Trinajstić information content (AvgIpc) is 2.45. The highest BCUT2D eigenvalue weighted by atomic mass is 14.9. The van der Waals surface area contributed by atoms with Crippen LogP contribution in [-0.4, -0.2) is 11.0 Å². The number of nitrogens with one attached hydrogen (secondary N) is 1. The molecule has 3 atom stereocenters. The third kappa shape index (κ3) is 3.82. The van der Waals surface area contributed by atoms with E-state index in [9.17, 15) is 0 Å². The van der Waals surface area contributed by atoms with Crippen molar-refractivity contribution in [2.24, 2.45) is 17.8 Å². The first-order valence-corrected chi connectivity index (χ1v) is 8.28. The summed E-state index contributed by atoms with van der Waals surface area (Å²) in [4.78, 5) is 4.56. The molecule has 0 radical (unpaired) electrons. The number of rotatable bonds is 5. The zero-order valence-electron chi connectivity index (χ0n) is 13.5. The van der Waals surface area contributed by atoms with E-state index in [-0.39, 0.29) is 0 Å². The maximum atomic E-state index is 4.56. The van der Waals surface area contributed by atoms with Gasteiger partial charge in [-0.3, -0.25) is 4.98 Å². The van der Waals surface area contributed by atoms with Gasteiger partial charge >= 0.3 is 0 Å². The van der Waals surface area contributed by atoms with Crippen molar-refractivity contribution in [2.45, 2.75) is 66.0 Å². The minimum absolute atomic E-state index is 0.658. The Bertz CT molecular complexity index is 414. The van der Waals surface area contributed by atoms with E-state index < -0.39 is 0 Å². The molecule has 0 aromatic carbocycles. The van der Waals surface area contributed by atoms with Crippen LogP contribution in [0.4, 0.5) is 0 Å². The normalized spacial score (nSPS) is 26.9. The Morgan fingerprint density at radius 3 is 2.85 bits per heavy atom. The quantitative estimate of drug-likeness (QED) is 0.870. The maximum absolute atomic E-state index is 4.56. The van der Waals surface area contributed by atoms with Gasteiger partial charge < -0.3 is 5.32 Å². The average molecular weight is 274 g/mol. The second-order valence-corrected chi connectivity index (χ2v) is 6.78. The largest absolute Gasteiger partial charge is 0.308 e. The van der Waals surface area contributed by atoms with Crippen LogP contribution in [0, 0.1) is 17.8 Å². The van der Waals surface area contributed by atoms with Gasteiger partial charge in [-0.15, -0.1) is 0 Å². The molecule has 20 heavy (non-hydrogen) atoms. The fraction of sp³-hybridized carbons (Fsp3) is 0.722. The predicted molar refractivity (Wildman–Crippen MR) is 85.6 cm³/mol. The summed E-state index contributed by atoms with van der Waals surface area (Å²) < 4.78 is 0. The van der Waals surface area contributed by atoms with E-state index in [4.69, 9.17) is 0 Å². The molecule has 2 nitrogen and oxygen atoms in total. The van der Waals surface area contributed by atoms with Crippen LogP contribution in [0.5, 0.6) is 0 Å². The van der Waals surface area contributed by atoms with Crippen LogP contribution in [0.25, 0.3) is 0 Å². The fourth-order valence-electron chi connectivity index (χ4n) is 3.62. The van der Waals surface area contributed by atoms with Crippen molar-refractivity contribution in [3.63, 3.8) is 0 Å². The first kappa shape index (κ1) is 15.5. The number of hydrogen-bond donors (Lipinski definition) is 1. The third-order valence-corrected chi connectivity index (χ3v) is 4.92. The van der Waals surface area contributed by atoms with E-state index >= 15 is 0 Å². The first-order chi connectivity index (χ1) is 9.61. The molecule has 2 heteroatoms. The molecule has 2 rings (SSSR count). The third-order valence-electron chi connectivity index (χ3n) is 4.92. The van der Waals surface area contributed by atoms with Crippen molar-refractivity contribution < 1.29 is 0 Å². The molecule has 1 heterocycles. The van der Waals surface area contributed by atoms with Gasteiger partial charge in [-0.1, -0.05) is 40.2 Å². The highest BCUT2D eigenvalue weighted by molar-refractivity contribution is 5.19. The van der Waals surface area contributed by atoms with Crippen LogP contribution in [0.2, 0.25) is 0 Å². The lowest BCUT2D eigenvalue weighted by atomic mass is 9.74. The van der Waals surface area contributed by atoms with Crippen molar-refractivity contribution in [3.05, 3.63) is 29.6 Å². The van der Waals surface area contributed by atoms with Gasteiger partial charge in [0.25, 0.3) is 0 Å². The summed E-state index contributed by atoms with van der Waals surface area (Å²) in [6.45, 7) is 10.3. The Balaban J connectivity index is 2.00. The van der Waals surface area contributed by atoms with Crippen molar-refractivity contribution >= 4 is 0 Å². The molecule has 0 amide bonds. The number of hydrogen-bond acceptors (Lipinski definition) is 2. The van der Waals surface area contributed by atoms with Gasteiger partial charge in [0.2, 0.25) is 0 Å². The molecule has 0 saturated heterocycles. The van der Waals surface area contributed by atoms with Gasteiger partial charge in [0.1, 0.15) is 0 Å². The molecule has 1 aromatic rings. The zero-order chi connectivity index (χ0) is 14.5. The van der Waals surface area contributed by atoms with E-state index in [1.807, 2.05) is 12.3 Å². The summed E-state index contributed by atoms with van der Waals surface area (Å²) in [7, 11) is 0. The van der Waals surface area contributed by atoms with Gasteiger partial charge in [-0.25, -0.2) is 0 Å². The Labute approximate surface area is 124 Å². The molecule has 3 unspecified atom stereocenters. The Morgan fingerprint density at radius 1 is 1.35 bits per heavy atom. The highest BCUT2D eigenvalue weighted by Gasteiger charge is 2.30. The second kappa shape index (κ2) is 7.21. The Hall–Kier alpha value is -0.890. The number of aromatic nitrogens is 1. The van der Waals surface area contributed by atoms with Crippen molar-refractivity contribution in [3.8, 4) is 0 Å². The maximum Gasteiger partial charge on any atom is 0.0573 e. The van der Waals surface area contributed by atoms with Crippen LogP contribution in [-0.2, 0) is 13.0 Å². The number of nitrogens with zero attached hydrogens (tertiary/aromatic N) is 1. The SMILES string of the molecule is CCc1cccnc1CNC1CC(C)CCC1C(C)C. The summed E-state index contributed by atoms with van der Waals surface area (Å²) in [5.74, 6) is 2.45. The topological polar surface area (TPSA) is 24.9 Å². The molecule has 1 aromatic heterocycles. The summed E-state index contributed by atoms with van der Waals surface area (Å²) in [5.41, 5.74) is 2.61. The summed E-state index contributed by atoms with van der Waals surface area (Å²) in [5, 5.41) is 3.81. The van der Waals surface area contributed by atoms with Gasteiger partial charge in [-0.2, -0.15) is 0 Å². The van der Waals surface area contributed by atoms with Crippen molar-refractivity contribution in [1.82, 2.24) is 10.3 Å².